The first-order valence-corrected chi connectivity index (χ1v) is 7.12. The van der Waals surface area contributed by atoms with Gasteiger partial charge in [-0.15, -0.1) is 11.3 Å². The van der Waals surface area contributed by atoms with Crippen LogP contribution in [0, 0.1) is 5.82 Å². The van der Waals surface area contributed by atoms with Gasteiger partial charge in [0.25, 0.3) is 0 Å². The van der Waals surface area contributed by atoms with Crippen molar-refractivity contribution in [2.45, 2.75) is 12.8 Å². The van der Waals surface area contributed by atoms with Crippen LogP contribution in [0.1, 0.15) is 21.1 Å². The van der Waals surface area contributed by atoms with E-state index < -0.39 is 11.8 Å². The molecule has 1 amide bonds. The Kier molecular flexibility index (Phi) is 4.99. The molecule has 2 aromatic rings. The summed E-state index contributed by atoms with van der Waals surface area (Å²) in [5, 5.41) is 13.5. The molecule has 0 aliphatic heterocycles. The number of hydrogen-bond donors (Lipinski definition) is 2. The number of aromatic carboxylic acids is 1. The number of carboxylic acid groups (broad SMARTS) is 1. The standard InChI is InChI=1S/C14H13FN2O3S/c15-10-4-2-1-3-9(10)7-12(18)16-6-5-13-17-11(8-21-13)14(19)20/h1-4,8H,5-7H2,(H,16,18)(H,19,20). The second-order valence-electron chi connectivity index (χ2n) is 4.30. The van der Waals surface area contributed by atoms with Crippen molar-refractivity contribution in [2.75, 3.05) is 6.54 Å². The first-order valence-electron chi connectivity index (χ1n) is 6.24. The molecule has 0 saturated heterocycles. The zero-order valence-electron chi connectivity index (χ0n) is 11.0. The van der Waals surface area contributed by atoms with Crippen molar-refractivity contribution in [3.05, 3.63) is 51.7 Å². The third-order valence-corrected chi connectivity index (χ3v) is 3.65. The lowest BCUT2D eigenvalue weighted by molar-refractivity contribution is -0.120. The molecule has 0 saturated carbocycles. The van der Waals surface area contributed by atoms with Gasteiger partial charge in [0.15, 0.2) is 5.69 Å². The molecule has 1 aromatic carbocycles. The number of nitrogens with one attached hydrogen (secondary N) is 1. The van der Waals surface area contributed by atoms with Gasteiger partial charge in [0.05, 0.1) is 11.4 Å². The minimum absolute atomic E-state index is 0.00711. The van der Waals surface area contributed by atoms with E-state index in [1.165, 1.54) is 22.8 Å². The van der Waals surface area contributed by atoms with Crippen LogP contribution in [0.15, 0.2) is 29.6 Å². The molecule has 0 aliphatic carbocycles. The number of rotatable bonds is 6. The molecule has 7 heteroatoms. The molecule has 0 radical (unpaired) electrons. The zero-order valence-corrected chi connectivity index (χ0v) is 11.8. The van der Waals surface area contributed by atoms with Crippen LogP contribution >= 0.6 is 11.3 Å². The Morgan fingerprint density at radius 3 is 2.76 bits per heavy atom. The number of benzene rings is 1. The van der Waals surface area contributed by atoms with E-state index in [0.717, 1.165) is 0 Å². The maximum absolute atomic E-state index is 13.4. The van der Waals surface area contributed by atoms with Crippen LogP contribution in [-0.2, 0) is 17.6 Å². The molecular weight excluding hydrogens is 295 g/mol. The lowest BCUT2D eigenvalue weighted by Crippen LogP contribution is -2.27. The van der Waals surface area contributed by atoms with Gasteiger partial charge in [-0.2, -0.15) is 0 Å². The smallest absolute Gasteiger partial charge is 0.355 e. The van der Waals surface area contributed by atoms with Crippen molar-refractivity contribution in [3.63, 3.8) is 0 Å². The van der Waals surface area contributed by atoms with Crippen LogP contribution < -0.4 is 5.32 Å². The molecule has 5 nitrogen and oxygen atoms in total. The van der Waals surface area contributed by atoms with E-state index in [2.05, 4.69) is 10.3 Å². The van der Waals surface area contributed by atoms with E-state index in [1.54, 1.807) is 18.2 Å². The number of halogens is 1. The SMILES string of the molecule is O=C(Cc1ccccc1F)NCCc1nc(C(=O)O)cs1. The normalized spacial score (nSPS) is 10.3. The fourth-order valence-electron chi connectivity index (χ4n) is 1.71. The zero-order chi connectivity index (χ0) is 15.2. The average molecular weight is 308 g/mol. The van der Waals surface area contributed by atoms with Gasteiger partial charge in [-0.05, 0) is 11.6 Å². The lowest BCUT2D eigenvalue weighted by atomic mass is 10.1. The summed E-state index contributed by atoms with van der Waals surface area (Å²) < 4.78 is 13.4. The molecular formula is C14H13FN2O3S. The summed E-state index contributed by atoms with van der Waals surface area (Å²) in [4.78, 5) is 26.3. The van der Waals surface area contributed by atoms with Crippen molar-refractivity contribution in [1.82, 2.24) is 10.3 Å². The van der Waals surface area contributed by atoms with Gasteiger partial charge >= 0.3 is 5.97 Å². The van der Waals surface area contributed by atoms with Gasteiger partial charge in [0.2, 0.25) is 5.91 Å². The number of carbonyl (C=O) groups excluding carboxylic acids is 1. The Hall–Kier alpha value is -2.28. The predicted molar refractivity (Wildman–Crippen MR) is 75.9 cm³/mol. The van der Waals surface area contributed by atoms with Crippen LogP contribution in [-0.4, -0.2) is 28.5 Å². The Morgan fingerprint density at radius 1 is 1.33 bits per heavy atom. The fraction of sp³-hybridized carbons (Fsp3) is 0.214. The number of aromatic nitrogens is 1. The maximum atomic E-state index is 13.4. The summed E-state index contributed by atoms with van der Waals surface area (Å²) in [6, 6.07) is 6.12. The third kappa shape index (κ3) is 4.35. The highest BCUT2D eigenvalue weighted by atomic mass is 32.1. The Balaban J connectivity index is 1.79. The van der Waals surface area contributed by atoms with E-state index >= 15 is 0 Å². The van der Waals surface area contributed by atoms with Crippen LogP contribution in [0.2, 0.25) is 0 Å². The van der Waals surface area contributed by atoms with Crippen LogP contribution in [0.5, 0.6) is 0 Å². The highest BCUT2D eigenvalue weighted by molar-refractivity contribution is 7.09. The molecule has 0 bridgehead atoms. The topological polar surface area (TPSA) is 79.3 Å². The van der Waals surface area contributed by atoms with Crippen molar-refractivity contribution in [1.29, 1.82) is 0 Å². The van der Waals surface area contributed by atoms with Crippen LogP contribution in [0.3, 0.4) is 0 Å². The molecule has 110 valence electrons. The van der Waals surface area contributed by atoms with Gasteiger partial charge in [-0.1, -0.05) is 18.2 Å². The summed E-state index contributed by atoms with van der Waals surface area (Å²) >= 11 is 1.23. The lowest BCUT2D eigenvalue weighted by Gasteiger charge is -2.05. The van der Waals surface area contributed by atoms with Gasteiger partial charge in [0.1, 0.15) is 5.82 Å². The van der Waals surface area contributed by atoms with Crippen LogP contribution in [0.25, 0.3) is 0 Å². The number of thiazole rings is 1. The molecule has 1 heterocycles. The summed E-state index contributed by atoms with van der Waals surface area (Å²) in [6.07, 6.45) is 0.422. The van der Waals surface area contributed by atoms with Crippen molar-refractivity contribution >= 4 is 23.2 Å². The monoisotopic (exact) mass is 308 g/mol. The van der Waals surface area contributed by atoms with E-state index in [-0.39, 0.29) is 18.0 Å². The molecule has 0 aliphatic rings. The summed E-state index contributed by atoms with van der Waals surface area (Å²) in [6.45, 7) is 0.333. The minimum atomic E-state index is -1.07. The number of hydrogen-bond acceptors (Lipinski definition) is 4. The molecule has 0 unspecified atom stereocenters. The quantitative estimate of drug-likeness (QED) is 0.854. The number of carbonyl (C=O) groups is 2. The second-order valence-corrected chi connectivity index (χ2v) is 5.24. The highest BCUT2D eigenvalue weighted by Crippen LogP contribution is 2.10. The molecule has 1 aromatic heterocycles. The number of amides is 1. The van der Waals surface area contributed by atoms with E-state index in [1.807, 2.05) is 0 Å². The van der Waals surface area contributed by atoms with Gasteiger partial charge < -0.3 is 10.4 Å². The number of carboxylic acids is 1. The molecule has 0 atom stereocenters. The number of nitrogens with zero attached hydrogens (tertiary/aromatic N) is 1. The van der Waals surface area contributed by atoms with E-state index in [4.69, 9.17) is 5.11 Å². The highest BCUT2D eigenvalue weighted by Gasteiger charge is 2.10. The molecule has 0 fully saturated rings. The van der Waals surface area contributed by atoms with Crippen LogP contribution in [0.4, 0.5) is 4.39 Å². The van der Waals surface area contributed by atoms with E-state index in [9.17, 15) is 14.0 Å². The largest absolute Gasteiger partial charge is 0.476 e. The van der Waals surface area contributed by atoms with Gasteiger partial charge in [0, 0.05) is 18.3 Å². The molecule has 0 spiro atoms. The van der Waals surface area contributed by atoms with Gasteiger partial charge in [-0.25, -0.2) is 14.2 Å². The minimum Gasteiger partial charge on any atom is -0.476 e. The van der Waals surface area contributed by atoms with Crippen molar-refractivity contribution < 1.29 is 19.1 Å². The molecule has 21 heavy (non-hydrogen) atoms. The van der Waals surface area contributed by atoms with Gasteiger partial charge in [-0.3, -0.25) is 4.79 Å². The predicted octanol–water partition coefficient (Wildman–Crippen LogP) is 1.88. The third-order valence-electron chi connectivity index (χ3n) is 2.74. The Labute approximate surface area is 124 Å². The maximum Gasteiger partial charge on any atom is 0.355 e. The summed E-state index contributed by atoms with van der Waals surface area (Å²) in [5.74, 6) is -1.75. The summed E-state index contributed by atoms with van der Waals surface area (Å²) in [5.41, 5.74) is 0.352. The first-order chi connectivity index (χ1) is 10.1. The second kappa shape index (κ2) is 6.94. The van der Waals surface area contributed by atoms with Crippen molar-refractivity contribution in [3.8, 4) is 0 Å². The molecule has 2 N–H and O–H groups in total. The molecule has 2 rings (SSSR count). The first kappa shape index (κ1) is 15.1. The Bertz CT molecular complexity index is 657. The van der Waals surface area contributed by atoms with E-state index in [0.29, 0.717) is 23.5 Å². The average Bonchev–Trinajstić information content (AvgIpc) is 2.90. The summed E-state index contributed by atoms with van der Waals surface area (Å²) in [7, 11) is 0. The van der Waals surface area contributed by atoms with Crippen molar-refractivity contribution in [2.24, 2.45) is 0 Å². The fourth-order valence-corrected chi connectivity index (χ4v) is 2.48. The Morgan fingerprint density at radius 2 is 2.10 bits per heavy atom.